The van der Waals surface area contributed by atoms with E-state index in [0.29, 0.717) is 0 Å². The molecule has 0 aromatic heterocycles. The van der Waals surface area contributed by atoms with Gasteiger partial charge < -0.3 is 0 Å². The van der Waals surface area contributed by atoms with Gasteiger partial charge in [-0.3, -0.25) is 0 Å². The van der Waals surface area contributed by atoms with Crippen molar-refractivity contribution in [1.82, 2.24) is 0 Å². The molecule has 0 nitrogen and oxygen atoms in total. The van der Waals surface area contributed by atoms with E-state index in [0.717, 1.165) is 12.6 Å². The average Bonchev–Trinajstić information content (AvgIpc) is 1.90. The van der Waals surface area contributed by atoms with E-state index in [4.69, 9.17) is 0 Å². The van der Waals surface area contributed by atoms with Gasteiger partial charge in [-0.05, 0) is 0 Å². The molecule has 0 atom stereocenters. The Labute approximate surface area is 75.9 Å². The fourth-order valence-corrected chi connectivity index (χ4v) is 3.35. The first kappa shape index (κ1) is 9.65. The van der Waals surface area contributed by atoms with Crippen molar-refractivity contribution in [2.75, 3.05) is 0 Å². The summed E-state index contributed by atoms with van der Waals surface area (Å²) in [5.41, 5.74) is 0. The molecule has 3 heteroatoms. The van der Waals surface area contributed by atoms with Crippen molar-refractivity contribution in [3.8, 4) is 0 Å². The van der Waals surface area contributed by atoms with Crippen LogP contribution >= 0.6 is 12.4 Å². The van der Waals surface area contributed by atoms with E-state index in [2.05, 4.69) is 30.3 Å². The Bertz CT molecular complexity index is 154. The summed E-state index contributed by atoms with van der Waals surface area (Å²) in [5, 5.41) is 0. The van der Waals surface area contributed by atoms with Crippen LogP contribution in [0.25, 0.3) is 0 Å². The van der Waals surface area contributed by atoms with Crippen LogP contribution in [-0.2, 0) is 16.3 Å². The van der Waals surface area contributed by atoms with E-state index in [9.17, 15) is 0 Å². The van der Waals surface area contributed by atoms with Gasteiger partial charge in [0.25, 0.3) is 0 Å². The molecule has 0 unspecified atom stereocenters. The molecule has 1 aromatic rings. The van der Waals surface area contributed by atoms with E-state index in [1.54, 1.807) is 0 Å². The van der Waals surface area contributed by atoms with Gasteiger partial charge in [0.2, 0.25) is 0 Å². The van der Waals surface area contributed by atoms with Gasteiger partial charge in [-0.1, -0.05) is 0 Å². The summed E-state index contributed by atoms with van der Waals surface area (Å²) in [4.78, 5) is 0. The van der Waals surface area contributed by atoms with Crippen molar-refractivity contribution in [1.29, 1.82) is 0 Å². The van der Waals surface area contributed by atoms with Gasteiger partial charge in [-0.2, -0.15) is 0 Å². The molecule has 0 heterocycles. The van der Waals surface area contributed by atoms with Crippen molar-refractivity contribution in [2.45, 2.75) is 0 Å². The zero-order valence-electron chi connectivity index (χ0n) is 4.91. The molecule has 1 rings (SSSR count). The third-order valence-electron chi connectivity index (χ3n) is 0.910. The molecule has 45 valence electrons. The van der Waals surface area contributed by atoms with E-state index < -0.39 is 0 Å². The Morgan fingerprint density at radius 1 is 1.11 bits per heavy atom. The molecule has 0 fully saturated rings. The standard InChI is InChI=1S/C6H6Se.ClH.Zn/c7-6-4-2-1-3-5-6;;/h1-5,7H;1H;/q;;+1/p-1. The van der Waals surface area contributed by atoms with Crippen LogP contribution in [0.15, 0.2) is 30.3 Å². The normalized spacial score (nSPS) is 8.22. The molecule has 0 aliphatic carbocycles. The van der Waals surface area contributed by atoms with Crippen LogP contribution in [0, 0.1) is 0 Å². The molecule has 0 aliphatic rings. The third-order valence-corrected chi connectivity index (χ3v) is 5.81. The number of hydrogen-bond acceptors (Lipinski definition) is 0. The maximum atomic E-state index is 2.20. The van der Waals surface area contributed by atoms with Crippen molar-refractivity contribution in [3.05, 3.63) is 30.3 Å². The SMILES string of the molecule is Cl.[Zn][Se]c1ccccc1. The predicted molar refractivity (Wildman–Crippen MR) is 39.1 cm³/mol. The number of hydrogen-bond donors (Lipinski definition) is 0. The van der Waals surface area contributed by atoms with Gasteiger partial charge in [0.05, 0.1) is 0 Å². The van der Waals surface area contributed by atoms with Crippen LogP contribution in [-0.4, -0.2) is 12.6 Å². The average molecular weight is 258 g/mol. The van der Waals surface area contributed by atoms with E-state index >= 15 is 0 Å². The van der Waals surface area contributed by atoms with Gasteiger partial charge in [-0.25, -0.2) is 0 Å². The van der Waals surface area contributed by atoms with Gasteiger partial charge in [-0.15, -0.1) is 12.4 Å². The van der Waals surface area contributed by atoms with Gasteiger partial charge in [0.1, 0.15) is 0 Å². The Morgan fingerprint density at radius 3 is 2.00 bits per heavy atom. The summed E-state index contributed by atoms with van der Waals surface area (Å²) in [7, 11) is 0. The third kappa shape index (κ3) is 3.37. The van der Waals surface area contributed by atoms with Crippen molar-refractivity contribution in [2.24, 2.45) is 0 Å². The van der Waals surface area contributed by atoms with Crippen molar-refractivity contribution < 1.29 is 16.3 Å². The number of halogens is 1. The Kier molecular flexibility index (Phi) is 5.83. The van der Waals surface area contributed by atoms with Gasteiger partial charge in [0, 0.05) is 0 Å². The van der Waals surface area contributed by atoms with Crippen molar-refractivity contribution >= 4 is 29.5 Å². The summed E-state index contributed by atoms with van der Waals surface area (Å²) >= 11 is 2.22. The Morgan fingerprint density at radius 2 is 1.67 bits per heavy atom. The molecular weight excluding hydrogens is 252 g/mol. The molecule has 0 spiro atoms. The fourth-order valence-electron chi connectivity index (χ4n) is 0.517. The maximum absolute atomic E-state index is 2.20. The summed E-state index contributed by atoms with van der Waals surface area (Å²) in [6.45, 7) is 0. The molecule has 0 radical (unpaired) electrons. The summed E-state index contributed by atoms with van der Waals surface area (Å²) in [6.07, 6.45) is 0. The molecule has 0 saturated carbocycles. The van der Waals surface area contributed by atoms with Crippen LogP contribution in [0.1, 0.15) is 0 Å². The topological polar surface area (TPSA) is 0 Å². The first-order valence-corrected chi connectivity index (χ1v) is 10.8. The van der Waals surface area contributed by atoms with Gasteiger partial charge in [0.15, 0.2) is 0 Å². The second-order valence-electron chi connectivity index (χ2n) is 1.46. The fraction of sp³-hybridized carbons (Fsp3) is 0. The quantitative estimate of drug-likeness (QED) is 0.656. The Balaban J connectivity index is 0.000000640. The molecule has 0 bridgehead atoms. The van der Waals surface area contributed by atoms with Crippen LogP contribution in [0.2, 0.25) is 0 Å². The summed E-state index contributed by atoms with van der Waals surface area (Å²) in [6, 6.07) is 10.7. The molecular formula is C6H6ClSeZn. The zero-order valence-corrected chi connectivity index (χ0v) is 10.4. The predicted octanol–water partition coefficient (Wildman–Crippen LogP) is 0.900. The van der Waals surface area contributed by atoms with Crippen LogP contribution < -0.4 is 4.46 Å². The summed E-state index contributed by atoms with van der Waals surface area (Å²) in [5.74, 6) is 0. The monoisotopic (exact) mass is 257 g/mol. The first-order chi connectivity index (χ1) is 3.93. The molecule has 0 saturated heterocycles. The minimum absolute atomic E-state index is 0. The minimum atomic E-state index is 0. The number of rotatable bonds is 1. The molecule has 0 amide bonds. The molecule has 0 aliphatic heterocycles. The van der Waals surface area contributed by atoms with E-state index in [1.807, 2.05) is 0 Å². The summed E-state index contributed by atoms with van der Waals surface area (Å²) < 4.78 is 1.53. The van der Waals surface area contributed by atoms with E-state index in [-0.39, 0.29) is 12.4 Å². The molecule has 0 N–H and O–H groups in total. The first-order valence-electron chi connectivity index (χ1n) is 2.40. The van der Waals surface area contributed by atoms with Crippen LogP contribution in [0.3, 0.4) is 0 Å². The Hall–Kier alpha value is 0.653. The number of benzene rings is 1. The molecule has 1 aromatic carbocycles. The van der Waals surface area contributed by atoms with Crippen LogP contribution in [0.4, 0.5) is 0 Å². The zero-order chi connectivity index (χ0) is 5.82. The molecule has 9 heavy (non-hydrogen) atoms. The van der Waals surface area contributed by atoms with Crippen molar-refractivity contribution in [3.63, 3.8) is 0 Å². The van der Waals surface area contributed by atoms with Crippen LogP contribution in [0.5, 0.6) is 0 Å². The second-order valence-corrected chi connectivity index (χ2v) is 6.20. The van der Waals surface area contributed by atoms with Gasteiger partial charge >= 0.3 is 63.8 Å². The second kappa shape index (κ2) is 5.44. The van der Waals surface area contributed by atoms with E-state index in [1.165, 1.54) is 20.8 Å².